The minimum atomic E-state index is -0.579. The summed E-state index contributed by atoms with van der Waals surface area (Å²) >= 11 is 4.61. The first kappa shape index (κ1) is 22.0. The van der Waals surface area contributed by atoms with Gasteiger partial charge in [-0.3, -0.25) is 4.79 Å². The molecule has 0 bridgehead atoms. The molecule has 0 saturated heterocycles. The molecule has 1 aliphatic heterocycles. The number of nitriles is 1. The van der Waals surface area contributed by atoms with Crippen molar-refractivity contribution in [2.75, 3.05) is 4.90 Å². The molecule has 0 spiro atoms. The van der Waals surface area contributed by atoms with Crippen molar-refractivity contribution in [1.29, 1.82) is 5.26 Å². The summed E-state index contributed by atoms with van der Waals surface area (Å²) in [6, 6.07) is 29.8. The molecule has 1 aliphatic rings. The lowest BCUT2D eigenvalue weighted by Crippen LogP contribution is -2.46. The molecular weight excluding hydrogens is 468 g/mol. The van der Waals surface area contributed by atoms with Crippen LogP contribution in [0.5, 0.6) is 0 Å². The molecule has 1 aromatic heterocycles. The summed E-state index contributed by atoms with van der Waals surface area (Å²) in [4.78, 5) is 14.7. The third kappa shape index (κ3) is 3.51. The fourth-order valence-electron chi connectivity index (χ4n) is 4.66. The van der Waals surface area contributed by atoms with E-state index in [-0.39, 0.29) is 5.57 Å². The van der Waals surface area contributed by atoms with Crippen LogP contribution < -0.4 is 10.2 Å². The van der Waals surface area contributed by atoms with Crippen LogP contribution in [0.3, 0.4) is 0 Å². The van der Waals surface area contributed by atoms with Crippen molar-refractivity contribution in [1.82, 2.24) is 10.5 Å². The van der Waals surface area contributed by atoms with Gasteiger partial charge in [0.15, 0.2) is 5.76 Å². The number of rotatable bonds is 3. The van der Waals surface area contributed by atoms with Crippen LogP contribution in [0.25, 0.3) is 33.0 Å². The lowest BCUT2D eigenvalue weighted by Gasteiger charge is -2.38. The predicted octanol–water partition coefficient (Wildman–Crippen LogP) is 6.26. The van der Waals surface area contributed by atoms with Crippen molar-refractivity contribution in [3.05, 3.63) is 107 Å². The lowest BCUT2D eigenvalue weighted by atomic mass is 9.99. The second-order valence-corrected chi connectivity index (χ2v) is 9.13. The molecule has 2 heterocycles. The summed E-state index contributed by atoms with van der Waals surface area (Å²) < 4.78 is 5.83. The highest BCUT2D eigenvalue weighted by atomic mass is 32.1. The second-order valence-electron chi connectivity index (χ2n) is 8.71. The van der Waals surface area contributed by atoms with E-state index in [1.807, 2.05) is 84.6 Å². The number of nitrogens with zero attached hydrogens (tertiary/aromatic N) is 3. The molecule has 1 unspecified atom stereocenters. The molecule has 0 saturated carbocycles. The van der Waals surface area contributed by atoms with Gasteiger partial charge in [0.25, 0.3) is 5.91 Å². The van der Waals surface area contributed by atoms with Crippen molar-refractivity contribution in [3.63, 3.8) is 0 Å². The topological polar surface area (TPSA) is 82.2 Å². The number of nitrogens with one attached hydrogen (secondary N) is 1. The third-order valence-electron chi connectivity index (χ3n) is 6.48. The van der Waals surface area contributed by atoms with Crippen LogP contribution in [0.1, 0.15) is 17.3 Å². The van der Waals surface area contributed by atoms with Crippen LogP contribution in [0.15, 0.2) is 100 Å². The first-order valence-electron chi connectivity index (χ1n) is 11.4. The van der Waals surface area contributed by atoms with Gasteiger partial charge < -0.3 is 14.7 Å². The van der Waals surface area contributed by atoms with Gasteiger partial charge in [0.1, 0.15) is 23.3 Å². The van der Waals surface area contributed by atoms with E-state index in [1.54, 1.807) is 0 Å². The van der Waals surface area contributed by atoms with Crippen molar-refractivity contribution in [2.45, 2.75) is 13.1 Å². The summed E-state index contributed by atoms with van der Waals surface area (Å²) in [5, 5.41) is 20.2. The van der Waals surface area contributed by atoms with Crippen LogP contribution in [0.4, 0.5) is 5.69 Å². The Morgan fingerprint density at radius 1 is 1.00 bits per heavy atom. The maximum atomic E-state index is 12.8. The van der Waals surface area contributed by atoms with Crippen LogP contribution in [0.2, 0.25) is 0 Å². The van der Waals surface area contributed by atoms with E-state index < -0.39 is 12.1 Å². The van der Waals surface area contributed by atoms with E-state index in [0.29, 0.717) is 16.3 Å². The molecule has 4 aromatic carbocycles. The van der Waals surface area contributed by atoms with Crippen LogP contribution >= 0.6 is 12.6 Å². The number of thiol groups is 1. The highest BCUT2D eigenvalue weighted by Gasteiger charge is 2.34. The fourth-order valence-corrected chi connectivity index (χ4v) is 5.04. The molecule has 0 fully saturated rings. The van der Waals surface area contributed by atoms with Gasteiger partial charge in [0, 0.05) is 11.3 Å². The molecule has 7 heteroatoms. The SMILES string of the molecule is Cc1ccc(N2C(S)=C(C#N)C(=O)NC2c2ccc3noc(-c4cccc5ccccc45)c3c2)cc1. The number of aromatic nitrogens is 1. The fraction of sp³-hybridized carbons (Fsp3) is 0.0690. The summed E-state index contributed by atoms with van der Waals surface area (Å²) in [6.07, 6.45) is -0.579. The Balaban J connectivity index is 1.52. The number of carbonyl (C=O) groups excluding carboxylic acids is 1. The molecule has 1 amide bonds. The zero-order valence-electron chi connectivity index (χ0n) is 19.3. The van der Waals surface area contributed by atoms with Gasteiger partial charge in [-0.15, -0.1) is 12.6 Å². The van der Waals surface area contributed by atoms with Crippen molar-refractivity contribution < 1.29 is 9.32 Å². The van der Waals surface area contributed by atoms with Gasteiger partial charge in [-0.05, 0) is 47.5 Å². The number of amides is 1. The second kappa shape index (κ2) is 8.59. The van der Waals surface area contributed by atoms with E-state index in [0.717, 1.165) is 38.5 Å². The zero-order valence-corrected chi connectivity index (χ0v) is 20.2. The molecule has 6 nitrogen and oxygen atoms in total. The smallest absolute Gasteiger partial charge is 0.266 e. The number of hydrogen-bond acceptors (Lipinski definition) is 6. The average molecular weight is 489 g/mol. The number of hydrogen-bond donors (Lipinski definition) is 2. The quantitative estimate of drug-likeness (QED) is 0.293. The van der Waals surface area contributed by atoms with E-state index in [2.05, 4.69) is 41.3 Å². The molecule has 174 valence electrons. The van der Waals surface area contributed by atoms with Gasteiger partial charge >= 0.3 is 0 Å². The molecule has 36 heavy (non-hydrogen) atoms. The van der Waals surface area contributed by atoms with Crippen molar-refractivity contribution in [2.24, 2.45) is 0 Å². The normalized spacial score (nSPS) is 15.9. The number of benzene rings is 4. The summed E-state index contributed by atoms with van der Waals surface area (Å²) in [6.45, 7) is 2.01. The first-order valence-corrected chi connectivity index (χ1v) is 11.9. The number of anilines is 1. The molecule has 0 aliphatic carbocycles. The molecule has 6 rings (SSSR count). The Hall–Kier alpha value is -4.54. The van der Waals surface area contributed by atoms with E-state index >= 15 is 0 Å². The third-order valence-corrected chi connectivity index (χ3v) is 6.92. The number of aryl methyl sites for hydroxylation is 1. The Morgan fingerprint density at radius 3 is 2.58 bits per heavy atom. The molecule has 1 N–H and O–H groups in total. The van der Waals surface area contributed by atoms with Crippen LogP contribution in [-0.4, -0.2) is 11.1 Å². The number of fused-ring (bicyclic) bond motifs is 2. The Labute approximate surface area is 212 Å². The van der Waals surface area contributed by atoms with E-state index in [9.17, 15) is 10.1 Å². The first-order chi connectivity index (χ1) is 17.5. The maximum absolute atomic E-state index is 12.8. The van der Waals surface area contributed by atoms with E-state index in [4.69, 9.17) is 4.52 Å². The average Bonchev–Trinajstić information content (AvgIpc) is 3.32. The highest BCUT2D eigenvalue weighted by molar-refractivity contribution is 7.84. The maximum Gasteiger partial charge on any atom is 0.266 e. The Morgan fingerprint density at radius 2 is 1.78 bits per heavy atom. The van der Waals surface area contributed by atoms with Gasteiger partial charge in [-0.1, -0.05) is 71.4 Å². The van der Waals surface area contributed by atoms with E-state index in [1.165, 1.54) is 0 Å². The monoisotopic (exact) mass is 488 g/mol. The largest absolute Gasteiger partial charge is 0.355 e. The van der Waals surface area contributed by atoms with Crippen molar-refractivity contribution >= 4 is 45.9 Å². The van der Waals surface area contributed by atoms with Crippen LogP contribution in [0, 0.1) is 18.3 Å². The standard InChI is InChI=1S/C29H20N4O2S/c1-17-9-12-20(13-10-17)33-27(31-28(34)24(16-30)29(33)36)19-11-14-25-23(15-19)26(35-32-25)22-8-4-6-18-5-2-3-7-21(18)22/h2-15,27,36H,1H3,(H,31,34). The molecule has 5 aromatic rings. The van der Waals surface area contributed by atoms with Gasteiger partial charge in [0.05, 0.1) is 10.4 Å². The summed E-state index contributed by atoms with van der Waals surface area (Å²) in [7, 11) is 0. The predicted molar refractivity (Wildman–Crippen MR) is 143 cm³/mol. The molecule has 1 atom stereocenters. The highest BCUT2D eigenvalue weighted by Crippen LogP contribution is 2.39. The molecular formula is C29H20N4O2S. The minimum Gasteiger partial charge on any atom is -0.355 e. The minimum absolute atomic E-state index is 0.0299. The van der Waals surface area contributed by atoms with Gasteiger partial charge in [-0.25, -0.2) is 0 Å². The summed E-state index contributed by atoms with van der Waals surface area (Å²) in [5.41, 5.74) is 4.35. The van der Waals surface area contributed by atoms with Gasteiger partial charge in [-0.2, -0.15) is 5.26 Å². The Kier molecular flexibility index (Phi) is 5.24. The molecule has 0 radical (unpaired) electrons. The lowest BCUT2D eigenvalue weighted by molar-refractivity contribution is -0.118. The summed E-state index contributed by atoms with van der Waals surface area (Å²) in [5.74, 6) is 0.197. The number of carbonyl (C=O) groups is 1. The Bertz CT molecular complexity index is 1730. The van der Waals surface area contributed by atoms with Crippen LogP contribution in [-0.2, 0) is 4.79 Å². The zero-order chi connectivity index (χ0) is 24.8. The van der Waals surface area contributed by atoms with Gasteiger partial charge in [0.2, 0.25) is 0 Å². The van der Waals surface area contributed by atoms with Crippen molar-refractivity contribution in [3.8, 4) is 17.4 Å².